The number of aliphatic hydroxyl groups is 1. The van der Waals surface area contributed by atoms with Crippen LogP contribution in [0.3, 0.4) is 0 Å². The average molecular weight is 141 g/mol. The second-order valence-corrected chi connectivity index (χ2v) is 3.56. The Morgan fingerprint density at radius 1 is 1.20 bits per heavy atom. The van der Waals surface area contributed by atoms with Crippen molar-refractivity contribution in [3.8, 4) is 0 Å². The molecule has 58 valence electrons. The van der Waals surface area contributed by atoms with Crippen molar-refractivity contribution in [2.45, 2.75) is 25.4 Å². The van der Waals surface area contributed by atoms with E-state index in [9.17, 15) is 5.11 Å². The van der Waals surface area contributed by atoms with E-state index in [4.69, 9.17) is 0 Å². The maximum atomic E-state index is 9.54. The fourth-order valence-corrected chi connectivity index (χ4v) is 2.16. The molecule has 2 bridgehead atoms. The Morgan fingerprint density at radius 2 is 2.10 bits per heavy atom. The van der Waals surface area contributed by atoms with Crippen LogP contribution < -0.4 is 0 Å². The molecule has 0 aromatic carbocycles. The second-order valence-electron chi connectivity index (χ2n) is 3.56. The average Bonchev–Trinajstić information content (AvgIpc) is 2.20. The number of fused-ring (bicyclic) bond motifs is 4. The summed E-state index contributed by atoms with van der Waals surface area (Å²) in [6, 6.07) is 0. The van der Waals surface area contributed by atoms with Crippen molar-refractivity contribution >= 4 is 0 Å². The molecule has 3 heterocycles. The molecule has 3 aliphatic rings. The molecule has 0 radical (unpaired) electrons. The first-order chi connectivity index (χ1) is 4.86. The van der Waals surface area contributed by atoms with Crippen molar-refractivity contribution in [1.82, 2.24) is 4.90 Å². The Labute approximate surface area is 61.8 Å². The lowest BCUT2D eigenvalue weighted by Crippen LogP contribution is -2.40. The molecule has 3 saturated heterocycles. The van der Waals surface area contributed by atoms with Crippen LogP contribution in [0.4, 0.5) is 0 Å². The van der Waals surface area contributed by atoms with Gasteiger partial charge in [-0.15, -0.1) is 0 Å². The summed E-state index contributed by atoms with van der Waals surface area (Å²) in [6.45, 7) is 3.37. The van der Waals surface area contributed by atoms with Crippen LogP contribution >= 0.6 is 0 Å². The quantitative estimate of drug-likeness (QED) is 0.530. The highest BCUT2D eigenvalue weighted by atomic mass is 16.3. The third-order valence-electron chi connectivity index (χ3n) is 2.85. The van der Waals surface area contributed by atoms with Gasteiger partial charge in [-0.3, -0.25) is 0 Å². The maximum Gasteiger partial charge on any atom is 0.0695 e. The molecule has 0 aliphatic carbocycles. The summed E-state index contributed by atoms with van der Waals surface area (Å²) in [5.74, 6) is 0.624. The highest BCUT2D eigenvalue weighted by molar-refractivity contribution is 4.83. The normalized spacial score (nSPS) is 47.1. The van der Waals surface area contributed by atoms with Crippen molar-refractivity contribution in [2.24, 2.45) is 5.92 Å². The molecule has 3 aliphatic heterocycles. The fourth-order valence-electron chi connectivity index (χ4n) is 2.16. The Kier molecular flexibility index (Phi) is 1.66. The summed E-state index contributed by atoms with van der Waals surface area (Å²) in [5, 5.41) is 9.54. The van der Waals surface area contributed by atoms with E-state index in [-0.39, 0.29) is 6.10 Å². The van der Waals surface area contributed by atoms with Crippen LogP contribution in [0.15, 0.2) is 0 Å². The summed E-state index contributed by atoms with van der Waals surface area (Å²) >= 11 is 0. The lowest BCUT2D eigenvalue weighted by Gasteiger charge is -2.31. The van der Waals surface area contributed by atoms with Crippen molar-refractivity contribution < 1.29 is 5.11 Å². The van der Waals surface area contributed by atoms with E-state index >= 15 is 0 Å². The van der Waals surface area contributed by atoms with Crippen LogP contribution in [0.5, 0.6) is 0 Å². The molecular weight excluding hydrogens is 126 g/mol. The molecule has 3 atom stereocenters. The zero-order valence-corrected chi connectivity index (χ0v) is 6.29. The first-order valence-corrected chi connectivity index (χ1v) is 4.26. The molecule has 2 heteroatoms. The highest BCUT2D eigenvalue weighted by Gasteiger charge is 2.29. The van der Waals surface area contributed by atoms with Gasteiger partial charge in [-0.25, -0.2) is 0 Å². The molecule has 2 unspecified atom stereocenters. The van der Waals surface area contributed by atoms with E-state index < -0.39 is 0 Å². The van der Waals surface area contributed by atoms with Crippen molar-refractivity contribution in [3.05, 3.63) is 0 Å². The van der Waals surface area contributed by atoms with Crippen LogP contribution in [0.2, 0.25) is 0 Å². The minimum atomic E-state index is -0.0174. The number of piperidine rings is 1. The first-order valence-electron chi connectivity index (χ1n) is 4.26. The summed E-state index contributed by atoms with van der Waals surface area (Å²) in [6.07, 6.45) is 3.75. The third kappa shape index (κ3) is 1.06. The van der Waals surface area contributed by atoms with Crippen molar-refractivity contribution in [3.63, 3.8) is 0 Å². The van der Waals surface area contributed by atoms with Gasteiger partial charge in [0.15, 0.2) is 0 Å². The van der Waals surface area contributed by atoms with Crippen LogP contribution in [-0.4, -0.2) is 35.7 Å². The largest absolute Gasteiger partial charge is 0.392 e. The lowest BCUT2D eigenvalue weighted by atomic mass is 9.93. The van der Waals surface area contributed by atoms with E-state index in [1.807, 2.05) is 0 Å². The molecule has 0 spiro atoms. The van der Waals surface area contributed by atoms with Gasteiger partial charge >= 0.3 is 0 Å². The topological polar surface area (TPSA) is 23.5 Å². The fraction of sp³-hybridized carbons (Fsp3) is 1.00. The van der Waals surface area contributed by atoms with E-state index in [0.717, 1.165) is 6.54 Å². The van der Waals surface area contributed by atoms with Gasteiger partial charge in [-0.05, 0) is 38.3 Å². The predicted octanol–water partition coefficient (Wildman–Crippen LogP) is 0.463. The van der Waals surface area contributed by atoms with Crippen molar-refractivity contribution in [1.29, 1.82) is 0 Å². The van der Waals surface area contributed by atoms with E-state index in [2.05, 4.69) is 4.90 Å². The zero-order valence-electron chi connectivity index (χ0n) is 6.29. The summed E-state index contributed by atoms with van der Waals surface area (Å²) in [4.78, 5) is 2.38. The highest BCUT2D eigenvalue weighted by Crippen LogP contribution is 2.26. The van der Waals surface area contributed by atoms with Gasteiger partial charge in [0.1, 0.15) is 0 Å². The van der Waals surface area contributed by atoms with Crippen LogP contribution in [0.1, 0.15) is 19.3 Å². The zero-order chi connectivity index (χ0) is 6.97. The summed E-state index contributed by atoms with van der Waals surface area (Å²) in [5.41, 5.74) is 0. The molecule has 1 N–H and O–H groups in total. The third-order valence-corrected chi connectivity index (χ3v) is 2.85. The molecule has 3 fully saturated rings. The lowest BCUT2D eigenvalue weighted by molar-refractivity contribution is 0.0404. The Balaban J connectivity index is 2.07. The molecule has 0 aromatic rings. The van der Waals surface area contributed by atoms with E-state index in [1.54, 1.807) is 0 Å². The van der Waals surface area contributed by atoms with Gasteiger partial charge in [0.25, 0.3) is 0 Å². The number of rotatable bonds is 0. The Morgan fingerprint density at radius 3 is 2.90 bits per heavy atom. The van der Waals surface area contributed by atoms with E-state index in [0.29, 0.717) is 5.92 Å². The van der Waals surface area contributed by atoms with Crippen LogP contribution in [-0.2, 0) is 0 Å². The van der Waals surface area contributed by atoms with Gasteiger partial charge in [-0.1, -0.05) is 0 Å². The second kappa shape index (κ2) is 2.51. The van der Waals surface area contributed by atoms with Gasteiger partial charge in [-0.2, -0.15) is 0 Å². The number of hydrogen-bond donors (Lipinski definition) is 1. The van der Waals surface area contributed by atoms with Gasteiger partial charge in [0.2, 0.25) is 0 Å². The van der Waals surface area contributed by atoms with Gasteiger partial charge in [0.05, 0.1) is 6.10 Å². The predicted molar refractivity (Wildman–Crippen MR) is 39.8 cm³/mol. The number of aliphatic hydroxyl groups excluding tert-OH is 1. The van der Waals surface area contributed by atoms with E-state index in [1.165, 1.54) is 32.4 Å². The molecule has 10 heavy (non-hydrogen) atoms. The Hall–Kier alpha value is -0.0800. The molecule has 0 aromatic heterocycles. The maximum absolute atomic E-state index is 9.54. The minimum absolute atomic E-state index is 0.0174. The monoisotopic (exact) mass is 141 g/mol. The first kappa shape index (κ1) is 6.62. The smallest absolute Gasteiger partial charge is 0.0695 e. The SMILES string of the molecule is O[C@H]1CN2CCCC1CC2. The molecule has 0 saturated carbocycles. The van der Waals surface area contributed by atoms with Gasteiger partial charge in [0, 0.05) is 6.54 Å². The summed E-state index contributed by atoms with van der Waals surface area (Å²) < 4.78 is 0. The van der Waals surface area contributed by atoms with Crippen LogP contribution in [0, 0.1) is 5.92 Å². The van der Waals surface area contributed by atoms with Crippen LogP contribution in [0.25, 0.3) is 0 Å². The molecule has 3 rings (SSSR count). The standard InChI is InChI=1S/C8H15NO/c10-8-6-9-4-1-2-7(8)3-5-9/h7-8,10H,1-6H2/t7?,8-/m0/s1. The molecule has 0 amide bonds. The minimum Gasteiger partial charge on any atom is -0.392 e. The number of nitrogens with zero attached hydrogens (tertiary/aromatic N) is 1. The Bertz CT molecular complexity index is 122. The number of hydrogen-bond acceptors (Lipinski definition) is 2. The van der Waals surface area contributed by atoms with Crippen molar-refractivity contribution in [2.75, 3.05) is 19.6 Å². The summed E-state index contributed by atoms with van der Waals surface area (Å²) in [7, 11) is 0. The molecule has 2 nitrogen and oxygen atoms in total. The molecular formula is C8H15NO. The van der Waals surface area contributed by atoms with Gasteiger partial charge < -0.3 is 10.0 Å².